The lowest BCUT2D eigenvalue weighted by atomic mass is 10.1. The molecule has 0 atom stereocenters. The van der Waals surface area contributed by atoms with Crippen LogP contribution in [-0.4, -0.2) is 24.1 Å². The predicted molar refractivity (Wildman–Crippen MR) is 93.8 cm³/mol. The highest BCUT2D eigenvalue weighted by Crippen LogP contribution is 2.23. The second-order valence-electron chi connectivity index (χ2n) is 5.49. The number of nitrogens with zero attached hydrogens (tertiary/aromatic N) is 1. The number of hydrogen-bond donors (Lipinski definition) is 2. The Kier molecular flexibility index (Phi) is 6.69. The van der Waals surface area contributed by atoms with Crippen molar-refractivity contribution in [2.24, 2.45) is 0 Å². The number of anilines is 1. The van der Waals surface area contributed by atoms with Crippen LogP contribution in [0.25, 0.3) is 0 Å². The van der Waals surface area contributed by atoms with E-state index >= 15 is 0 Å². The van der Waals surface area contributed by atoms with E-state index in [1.54, 1.807) is 18.2 Å². The van der Waals surface area contributed by atoms with Gasteiger partial charge in [-0.15, -0.1) is 0 Å². The second-order valence-corrected chi connectivity index (χ2v) is 6.65. The Labute approximate surface area is 139 Å². The monoisotopic (exact) mass is 403 g/mol. The summed E-state index contributed by atoms with van der Waals surface area (Å²) < 4.78 is 0.885. The molecule has 1 aliphatic rings. The Hall–Kier alpha value is -0.890. The molecule has 21 heavy (non-hydrogen) atoms. The van der Waals surface area contributed by atoms with Gasteiger partial charge in [0.25, 0.3) is 5.69 Å². The molecule has 1 aromatic rings. The van der Waals surface area contributed by atoms with Crippen LogP contribution < -0.4 is 10.6 Å². The summed E-state index contributed by atoms with van der Waals surface area (Å²) in [6, 6.07) is 5.58. The van der Waals surface area contributed by atoms with Crippen LogP contribution in [0.5, 0.6) is 0 Å². The first-order valence-corrected chi connectivity index (χ1v) is 8.66. The van der Waals surface area contributed by atoms with E-state index in [2.05, 4.69) is 33.2 Å². The van der Waals surface area contributed by atoms with E-state index in [1.165, 1.54) is 38.5 Å². The highest BCUT2D eigenvalue weighted by molar-refractivity contribution is 14.1. The van der Waals surface area contributed by atoms with Crippen molar-refractivity contribution in [2.45, 2.75) is 44.6 Å². The van der Waals surface area contributed by atoms with Crippen molar-refractivity contribution in [3.05, 3.63) is 31.9 Å². The predicted octanol–water partition coefficient (Wildman–Crippen LogP) is 3.92. The molecule has 1 aromatic carbocycles. The van der Waals surface area contributed by atoms with Crippen LogP contribution in [0.3, 0.4) is 0 Å². The molecule has 5 nitrogen and oxygen atoms in total. The van der Waals surface area contributed by atoms with Gasteiger partial charge in [-0.25, -0.2) is 0 Å². The standard InChI is InChI=1S/C15H22IN3O2/c16-14-11-13(19(20)21)7-8-15(14)18-10-9-17-12-5-3-1-2-4-6-12/h7-8,11-12,17-18H,1-6,9-10H2. The van der Waals surface area contributed by atoms with Crippen molar-refractivity contribution in [1.29, 1.82) is 0 Å². The Morgan fingerprint density at radius 2 is 1.90 bits per heavy atom. The lowest BCUT2D eigenvalue weighted by Gasteiger charge is -2.17. The van der Waals surface area contributed by atoms with Gasteiger partial charge in [-0.1, -0.05) is 25.7 Å². The Balaban J connectivity index is 1.74. The summed E-state index contributed by atoms with van der Waals surface area (Å²) in [4.78, 5) is 10.3. The van der Waals surface area contributed by atoms with Gasteiger partial charge in [0, 0.05) is 40.5 Å². The summed E-state index contributed by atoms with van der Waals surface area (Å²) in [5.74, 6) is 0. The van der Waals surface area contributed by atoms with Crippen molar-refractivity contribution < 1.29 is 4.92 Å². The lowest BCUT2D eigenvalue weighted by molar-refractivity contribution is -0.384. The molecule has 116 valence electrons. The first kappa shape index (κ1) is 16.5. The van der Waals surface area contributed by atoms with Crippen molar-refractivity contribution in [1.82, 2.24) is 5.32 Å². The molecule has 0 amide bonds. The molecule has 0 bridgehead atoms. The molecule has 0 spiro atoms. The molecule has 2 N–H and O–H groups in total. The SMILES string of the molecule is O=[N+]([O-])c1ccc(NCCNC2CCCCCC2)c(I)c1. The molecule has 1 saturated carbocycles. The maximum absolute atomic E-state index is 10.7. The van der Waals surface area contributed by atoms with E-state index < -0.39 is 0 Å². The highest BCUT2D eigenvalue weighted by Gasteiger charge is 2.11. The van der Waals surface area contributed by atoms with Crippen molar-refractivity contribution in [2.75, 3.05) is 18.4 Å². The van der Waals surface area contributed by atoms with Gasteiger partial charge in [0.05, 0.1) is 4.92 Å². The summed E-state index contributed by atoms with van der Waals surface area (Å²) in [6.45, 7) is 1.77. The Morgan fingerprint density at radius 3 is 2.52 bits per heavy atom. The van der Waals surface area contributed by atoms with E-state index in [0.717, 1.165) is 22.3 Å². The number of nitro benzene ring substituents is 1. The first-order chi connectivity index (χ1) is 10.2. The molecule has 0 heterocycles. The average molecular weight is 403 g/mol. The van der Waals surface area contributed by atoms with Gasteiger partial charge in [-0.3, -0.25) is 10.1 Å². The summed E-state index contributed by atoms with van der Waals surface area (Å²) >= 11 is 2.13. The minimum Gasteiger partial charge on any atom is -0.383 e. The number of halogens is 1. The van der Waals surface area contributed by atoms with Gasteiger partial charge in [0.2, 0.25) is 0 Å². The van der Waals surface area contributed by atoms with E-state index in [0.29, 0.717) is 6.04 Å². The van der Waals surface area contributed by atoms with Crippen LogP contribution in [0.1, 0.15) is 38.5 Å². The lowest BCUT2D eigenvalue weighted by Crippen LogP contribution is -2.32. The second kappa shape index (κ2) is 8.53. The fourth-order valence-corrected chi connectivity index (χ4v) is 3.41. The van der Waals surface area contributed by atoms with Crippen molar-refractivity contribution >= 4 is 34.0 Å². The van der Waals surface area contributed by atoms with Gasteiger partial charge in [0.1, 0.15) is 0 Å². The highest BCUT2D eigenvalue weighted by atomic mass is 127. The number of rotatable bonds is 6. The fourth-order valence-electron chi connectivity index (χ4n) is 2.72. The summed E-state index contributed by atoms with van der Waals surface area (Å²) in [5, 5.41) is 17.6. The smallest absolute Gasteiger partial charge is 0.270 e. The van der Waals surface area contributed by atoms with E-state index in [4.69, 9.17) is 0 Å². The Morgan fingerprint density at radius 1 is 1.19 bits per heavy atom. The average Bonchev–Trinajstić information content (AvgIpc) is 2.73. The first-order valence-electron chi connectivity index (χ1n) is 7.58. The van der Waals surface area contributed by atoms with Crippen LogP contribution in [0.2, 0.25) is 0 Å². The van der Waals surface area contributed by atoms with Gasteiger partial charge >= 0.3 is 0 Å². The molecule has 0 radical (unpaired) electrons. The van der Waals surface area contributed by atoms with Gasteiger partial charge in [-0.05, 0) is 41.5 Å². The molecule has 2 rings (SSSR count). The normalized spacial score (nSPS) is 16.4. The van der Waals surface area contributed by atoms with Crippen LogP contribution in [0.15, 0.2) is 18.2 Å². The quantitative estimate of drug-likeness (QED) is 0.248. The molecular formula is C15H22IN3O2. The van der Waals surface area contributed by atoms with Crippen LogP contribution in [-0.2, 0) is 0 Å². The van der Waals surface area contributed by atoms with Crippen LogP contribution >= 0.6 is 22.6 Å². The molecule has 0 saturated heterocycles. The molecule has 0 unspecified atom stereocenters. The van der Waals surface area contributed by atoms with E-state index in [1.807, 2.05) is 0 Å². The van der Waals surface area contributed by atoms with Crippen LogP contribution in [0, 0.1) is 13.7 Å². The summed E-state index contributed by atoms with van der Waals surface area (Å²) in [5.41, 5.74) is 1.10. The molecule has 1 fully saturated rings. The zero-order valence-electron chi connectivity index (χ0n) is 12.1. The molecule has 0 aliphatic heterocycles. The number of nitro groups is 1. The van der Waals surface area contributed by atoms with E-state index in [9.17, 15) is 10.1 Å². The van der Waals surface area contributed by atoms with Gasteiger partial charge in [0.15, 0.2) is 0 Å². The van der Waals surface area contributed by atoms with Crippen molar-refractivity contribution in [3.8, 4) is 0 Å². The fraction of sp³-hybridized carbons (Fsp3) is 0.600. The van der Waals surface area contributed by atoms with Crippen LogP contribution in [0.4, 0.5) is 11.4 Å². The maximum Gasteiger partial charge on any atom is 0.270 e. The molecule has 0 aromatic heterocycles. The molecule has 1 aliphatic carbocycles. The third-order valence-corrected chi connectivity index (χ3v) is 4.78. The molecular weight excluding hydrogens is 381 g/mol. The number of non-ortho nitro benzene ring substituents is 1. The van der Waals surface area contributed by atoms with Gasteiger partial charge < -0.3 is 10.6 Å². The summed E-state index contributed by atoms with van der Waals surface area (Å²) in [6.07, 6.45) is 8.00. The third-order valence-electron chi connectivity index (χ3n) is 3.89. The van der Waals surface area contributed by atoms with E-state index in [-0.39, 0.29) is 10.6 Å². The minimum atomic E-state index is -0.362. The zero-order chi connectivity index (χ0) is 15.1. The molecule has 6 heteroatoms. The Bertz CT molecular complexity index is 474. The summed E-state index contributed by atoms with van der Waals surface area (Å²) in [7, 11) is 0. The zero-order valence-corrected chi connectivity index (χ0v) is 14.3. The number of hydrogen-bond acceptors (Lipinski definition) is 4. The number of benzene rings is 1. The minimum absolute atomic E-state index is 0.140. The van der Waals surface area contributed by atoms with Gasteiger partial charge in [-0.2, -0.15) is 0 Å². The topological polar surface area (TPSA) is 67.2 Å². The maximum atomic E-state index is 10.7. The largest absolute Gasteiger partial charge is 0.383 e. The van der Waals surface area contributed by atoms with Crippen molar-refractivity contribution in [3.63, 3.8) is 0 Å². The number of nitrogens with one attached hydrogen (secondary N) is 2. The third kappa shape index (κ3) is 5.43.